The van der Waals surface area contributed by atoms with Crippen molar-refractivity contribution in [1.29, 1.82) is 0 Å². The number of carbonyl (C=O) groups excluding carboxylic acids is 1. The van der Waals surface area contributed by atoms with Gasteiger partial charge in [0.1, 0.15) is 5.75 Å². The summed E-state index contributed by atoms with van der Waals surface area (Å²) in [7, 11) is -0.266. The van der Waals surface area contributed by atoms with Gasteiger partial charge in [-0.05, 0) is 53.9 Å². The third-order valence-electron chi connectivity index (χ3n) is 5.00. The summed E-state index contributed by atoms with van der Waals surface area (Å²) in [5, 5.41) is 0. The standard InChI is InChI=1S/C24H26N2O4S/c1-26(21-11-13-22(30-2)14-12-21)24(27)17-10-19-8-15-23(16-9-19)31(28,29)25-18-20-6-4-3-5-7-20/h3-9,11-16,25H,10,17-18H2,1-2H3. The van der Waals surface area contributed by atoms with Crippen molar-refractivity contribution < 1.29 is 17.9 Å². The third kappa shape index (κ3) is 6.16. The number of amides is 1. The average Bonchev–Trinajstić information content (AvgIpc) is 2.82. The molecular weight excluding hydrogens is 412 g/mol. The number of carbonyl (C=O) groups is 1. The van der Waals surface area contributed by atoms with Crippen molar-refractivity contribution in [3.8, 4) is 5.75 Å². The minimum Gasteiger partial charge on any atom is -0.497 e. The molecule has 3 aromatic carbocycles. The molecule has 162 valence electrons. The van der Waals surface area contributed by atoms with Crippen LogP contribution in [0.5, 0.6) is 5.75 Å². The summed E-state index contributed by atoms with van der Waals surface area (Å²) in [6.45, 7) is 0.233. The molecule has 0 saturated heterocycles. The van der Waals surface area contributed by atoms with Crippen molar-refractivity contribution in [2.75, 3.05) is 19.1 Å². The Morgan fingerprint density at radius 2 is 1.55 bits per heavy atom. The lowest BCUT2D eigenvalue weighted by atomic mass is 10.1. The molecule has 6 nitrogen and oxygen atoms in total. The summed E-state index contributed by atoms with van der Waals surface area (Å²) in [6, 6.07) is 23.3. The highest BCUT2D eigenvalue weighted by Gasteiger charge is 2.15. The molecule has 0 spiro atoms. The Labute approximate surface area is 183 Å². The first-order valence-corrected chi connectivity index (χ1v) is 11.4. The second kappa shape index (κ2) is 10.2. The molecule has 0 saturated carbocycles. The van der Waals surface area contributed by atoms with Gasteiger partial charge in [-0.2, -0.15) is 0 Å². The van der Waals surface area contributed by atoms with Crippen molar-refractivity contribution in [2.45, 2.75) is 24.3 Å². The lowest BCUT2D eigenvalue weighted by Gasteiger charge is -2.17. The quantitative estimate of drug-likeness (QED) is 0.552. The Morgan fingerprint density at radius 3 is 2.16 bits per heavy atom. The highest BCUT2D eigenvalue weighted by atomic mass is 32.2. The minimum atomic E-state index is -3.60. The van der Waals surface area contributed by atoms with Crippen LogP contribution in [0.3, 0.4) is 0 Å². The molecule has 3 aromatic rings. The summed E-state index contributed by atoms with van der Waals surface area (Å²) in [5.74, 6) is 0.712. The van der Waals surface area contributed by atoms with E-state index in [1.807, 2.05) is 54.6 Å². The second-order valence-corrected chi connectivity index (χ2v) is 8.87. The number of hydrogen-bond acceptors (Lipinski definition) is 4. The van der Waals surface area contributed by atoms with Gasteiger partial charge in [0, 0.05) is 25.7 Å². The Morgan fingerprint density at radius 1 is 0.903 bits per heavy atom. The fourth-order valence-corrected chi connectivity index (χ4v) is 4.08. The van der Waals surface area contributed by atoms with Crippen LogP contribution in [0.25, 0.3) is 0 Å². The maximum Gasteiger partial charge on any atom is 0.240 e. The van der Waals surface area contributed by atoms with E-state index in [1.165, 1.54) is 0 Å². The monoisotopic (exact) mass is 438 g/mol. The maximum absolute atomic E-state index is 12.5. The fraction of sp³-hybridized carbons (Fsp3) is 0.208. The Balaban J connectivity index is 1.55. The normalized spacial score (nSPS) is 11.2. The molecule has 1 N–H and O–H groups in total. The fourth-order valence-electron chi connectivity index (χ4n) is 3.06. The molecule has 3 rings (SSSR count). The van der Waals surface area contributed by atoms with Crippen molar-refractivity contribution >= 4 is 21.6 Å². The zero-order valence-electron chi connectivity index (χ0n) is 17.6. The van der Waals surface area contributed by atoms with E-state index in [9.17, 15) is 13.2 Å². The minimum absolute atomic E-state index is 0.0219. The van der Waals surface area contributed by atoms with Gasteiger partial charge in [-0.1, -0.05) is 42.5 Å². The number of rotatable bonds is 9. The van der Waals surface area contributed by atoms with Gasteiger partial charge >= 0.3 is 0 Å². The molecule has 31 heavy (non-hydrogen) atoms. The van der Waals surface area contributed by atoms with Crippen molar-refractivity contribution in [2.24, 2.45) is 0 Å². The van der Waals surface area contributed by atoms with Gasteiger partial charge in [0.15, 0.2) is 0 Å². The molecule has 0 atom stereocenters. The molecule has 0 bridgehead atoms. The van der Waals surface area contributed by atoms with Crippen LogP contribution in [0.2, 0.25) is 0 Å². The molecule has 1 amide bonds. The van der Waals surface area contributed by atoms with Crippen LogP contribution in [0.1, 0.15) is 17.5 Å². The largest absolute Gasteiger partial charge is 0.497 e. The molecule has 0 fully saturated rings. The number of nitrogens with zero attached hydrogens (tertiary/aromatic N) is 1. The van der Waals surface area contributed by atoms with Gasteiger partial charge in [0.05, 0.1) is 12.0 Å². The number of anilines is 1. The van der Waals surface area contributed by atoms with E-state index in [1.54, 1.807) is 43.3 Å². The molecule has 0 unspecified atom stereocenters. The van der Waals surface area contributed by atoms with E-state index >= 15 is 0 Å². The molecule has 0 radical (unpaired) electrons. The second-order valence-electron chi connectivity index (χ2n) is 7.10. The maximum atomic E-state index is 12.5. The first-order valence-electron chi connectivity index (χ1n) is 9.92. The number of ether oxygens (including phenoxy) is 1. The van der Waals surface area contributed by atoms with E-state index in [4.69, 9.17) is 4.74 Å². The Kier molecular flexibility index (Phi) is 7.44. The first kappa shape index (κ1) is 22.5. The number of nitrogens with one attached hydrogen (secondary N) is 1. The number of benzene rings is 3. The smallest absolute Gasteiger partial charge is 0.240 e. The van der Waals surface area contributed by atoms with Gasteiger partial charge in [-0.25, -0.2) is 13.1 Å². The Hall–Kier alpha value is -3.16. The lowest BCUT2D eigenvalue weighted by molar-refractivity contribution is -0.118. The third-order valence-corrected chi connectivity index (χ3v) is 6.42. The topological polar surface area (TPSA) is 75.7 Å². The van der Waals surface area contributed by atoms with Crippen molar-refractivity contribution in [1.82, 2.24) is 4.72 Å². The number of aryl methyl sites for hydroxylation is 1. The SMILES string of the molecule is COc1ccc(N(C)C(=O)CCc2ccc(S(=O)(=O)NCc3ccccc3)cc2)cc1. The summed E-state index contributed by atoms with van der Waals surface area (Å²) in [6.07, 6.45) is 0.845. The van der Waals surface area contributed by atoms with Crippen LogP contribution in [0.4, 0.5) is 5.69 Å². The number of methoxy groups -OCH3 is 1. The Bertz CT molecular complexity index is 1100. The van der Waals surface area contributed by atoms with Gasteiger partial charge in [0.2, 0.25) is 15.9 Å². The van der Waals surface area contributed by atoms with E-state index in [0.29, 0.717) is 12.8 Å². The van der Waals surface area contributed by atoms with E-state index < -0.39 is 10.0 Å². The lowest BCUT2D eigenvalue weighted by Crippen LogP contribution is -2.26. The molecule has 0 heterocycles. The van der Waals surface area contributed by atoms with Crippen LogP contribution < -0.4 is 14.4 Å². The number of hydrogen-bond donors (Lipinski definition) is 1. The van der Waals surface area contributed by atoms with Crippen LogP contribution in [0, 0.1) is 0 Å². The zero-order valence-corrected chi connectivity index (χ0v) is 18.4. The van der Waals surface area contributed by atoms with Gasteiger partial charge in [-0.15, -0.1) is 0 Å². The van der Waals surface area contributed by atoms with Crippen LogP contribution in [-0.2, 0) is 27.8 Å². The predicted molar refractivity (Wildman–Crippen MR) is 122 cm³/mol. The van der Waals surface area contributed by atoms with Gasteiger partial charge in [0.25, 0.3) is 0 Å². The summed E-state index contributed by atoms with van der Waals surface area (Å²) >= 11 is 0. The molecule has 0 aliphatic rings. The predicted octanol–water partition coefficient (Wildman–Crippen LogP) is 3.77. The van der Waals surface area contributed by atoms with Crippen LogP contribution in [0.15, 0.2) is 83.8 Å². The van der Waals surface area contributed by atoms with E-state index in [0.717, 1.165) is 22.6 Å². The number of sulfonamides is 1. The van der Waals surface area contributed by atoms with Gasteiger partial charge in [-0.3, -0.25) is 4.79 Å². The van der Waals surface area contributed by atoms with Crippen LogP contribution in [-0.4, -0.2) is 28.5 Å². The van der Waals surface area contributed by atoms with Gasteiger partial charge < -0.3 is 9.64 Å². The molecule has 0 aromatic heterocycles. The van der Waals surface area contributed by atoms with Crippen LogP contribution >= 0.6 is 0 Å². The average molecular weight is 439 g/mol. The van der Waals surface area contributed by atoms with Crippen molar-refractivity contribution in [3.63, 3.8) is 0 Å². The summed E-state index contributed by atoms with van der Waals surface area (Å²) in [4.78, 5) is 14.3. The zero-order chi connectivity index (χ0) is 22.3. The first-order chi connectivity index (χ1) is 14.9. The highest BCUT2D eigenvalue weighted by Crippen LogP contribution is 2.19. The van der Waals surface area contributed by atoms with E-state index in [-0.39, 0.29) is 17.3 Å². The van der Waals surface area contributed by atoms with E-state index in [2.05, 4.69) is 4.72 Å². The summed E-state index contributed by atoms with van der Waals surface area (Å²) < 4.78 is 32.7. The molecular formula is C24H26N2O4S. The highest BCUT2D eigenvalue weighted by molar-refractivity contribution is 7.89. The molecule has 7 heteroatoms. The summed E-state index contributed by atoms with van der Waals surface area (Å²) in [5.41, 5.74) is 2.58. The molecule has 0 aliphatic heterocycles. The van der Waals surface area contributed by atoms with Crippen molar-refractivity contribution in [3.05, 3.63) is 90.0 Å². The molecule has 0 aliphatic carbocycles.